The van der Waals surface area contributed by atoms with Gasteiger partial charge in [-0.1, -0.05) is 6.07 Å². The normalized spacial score (nSPS) is 25.1. The molecule has 0 radical (unpaired) electrons. The first-order chi connectivity index (χ1) is 8.65. The van der Waals surface area contributed by atoms with E-state index in [0.717, 1.165) is 26.1 Å². The minimum absolute atomic E-state index is 0.00949. The summed E-state index contributed by atoms with van der Waals surface area (Å²) in [5.41, 5.74) is 3.73. The SMILES string of the molecule is COC1(C)CCCN(Cc2ccc(NN)nc2)C1. The molecule has 5 heteroatoms. The molecule has 0 bridgehead atoms. The van der Waals surface area contributed by atoms with Crippen molar-refractivity contribution in [1.82, 2.24) is 9.88 Å². The van der Waals surface area contributed by atoms with E-state index >= 15 is 0 Å². The topological polar surface area (TPSA) is 63.4 Å². The van der Waals surface area contributed by atoms with Gasteiger partial charge in [-0.25, -0.2) is 10.8 Å². The molecule has 1 aliphatic heterocycles. The van der Waals surface area contributed by atoms with E-state index in [-0.39, 0.29) is 5.60 Å². The molecule has 5 nitrogen and oxygen atoms in total. The lowest BCUT2D eigenvalue weighted by atomic mass is 9.94. The third-order valence-electron chi connectivity index (χ3n) is 3.61. The van der Waals surface area contributed by atoms with E-state index in [1.54, 1.807) is 7.11 Å². The molecule has 1 aromatic heterocycles. The zero-order valence-corrected chi connectivity index (χ0v) is 11.1. The van der Waals surface area contributed by atoms with E-state index in [1.807, 2.05) is 12.3 Å². The lowest BCUT2D eigenvalue weighted by Gasteiger charge is -2.39. The Morgan fingerprint density at radius 3 is 3.00 bits per heavy atom. The lowest BCUT2D eigenvalue weighted by molar-refractivity contribution is -0.0527. The Kier molecular flexibility index (Phi) is 4.16. The molecule has 1 fully saturated rings. The van der Waals surface area contributed by atoms with Gasteiger partial charge in [-0.3, -0.25) is 4.90 Å². The third-order valence-corrected chi connectivity index (χ3v) is 3.61. The number of aromatic nitrogens is 1. The van der Waals surface area contributed by atoms with Crippen molar-refractivity contribution in [3.8, 4) is 0 Å². The molecule has 1 aliphatic rings. The fourth-order valence-corrected chi connectivity index (χ4v) is 2.47. The molecule has 3 N–H and O–H groups in total. The number of ether oxygens (including phenoxy) is 1. The monoisotopic (exact) mass is 250 g/mol. The number of nitrogens with zero attached hydrogens (tertiary/aromatic N) is 2. The molecule has 1 saturated heterocycles. The molecule has 1 unspecified atom stereocenters. The fraction of sp³-hybridized carbons (Fsp3) is 0.615. The summed E-state index contributed by atoms with van der Waals surface area (Å²) < 4.78 is 5.60. The van der Waals surface area contributed by atoms with Crippen molar-refractivity contribution >= 4 is 5.82 Å². The molecule has 1 aromatic rings. The van der Waals surface area contributed by atoms with Crippen molar-refractivity contribution in [2.24, 2.45) is 5.84 Å². The quantitative estimate of drug-likeness (QED) is 0.624. The second-order valence-electron chi connectivity index (χ2n) is 5.16. The number of methoxy groups -OCH3 is 1. The van der Waals surface area contributed by atoms with Crippen LogP contribution in [0.3, 0.4) is 0 Å². The van der Waals surface area contributed by atoms with E-state index in [1.165, 1.54) is 12.0 Å². The van der Waals surface area contributed by atoms with Crippen LogP contribution in [0.5, 0.6) is 0 Å². The number of rotatable bonds is 4. The first-order valence-corrected chi connectivity index (χ1v) is 6.34. The minimum Gasteiger partial charge on any atom is -0.377 e. The molecule has 0 aromatic carbocycles. The Hall–Kier alpha value is -1.17. The van der Waals surface area contributed by atoms with Gasteiger partial charge < -0.3 is 10.2 Å². The Bertz CT molecular complexity index is 381. The molecule has 1 atom stereocenters. The van der Waals surface area contributed by atoms with Crippen molar-refractivity contribution in [1.29, 1.82) is 0 Å². The van der Waals surface area contributed by atoms with Crippen LogP contribution in [0.1, 0.15) is 25.3 Å². The molecule has 18 heavy (non-hydrogen) atoms. The summed E-state index contributed by atoms with van der Waals surface area (Å²) in [6, 6.07) is 3.95. The predicted octanol–water partition coefficient (Wildman–Crippen LogP) is 1.37. The number of hydrogen-bond donors (Lipinski definition) is 2. The van der Waals surface area contributed by atoms with Crippen LogP contribution in [0.25, 0.3) is 0 Å². The maximum Gasteiger partial charge on any atom is 0.139 e. The van der Waals surface area contributed by atoms with Gasteiger partial charge in [-0.05, 0) is 37.9 Å². The maximum atomic E-state index is 5.60. The van der Waals surface area contributed by atoms with E-state index in [2.05, 4.69) is 28.3 Å². The zero-order valence-electron chi connectivity index (χ0n) is 11.1. The second kappa shape index (κ2) is 5.65. The fourth-order valence-electron chi connectivity index (χ4n) is 2.47. The molecule has 2 rings (SSSR count). The number of likely N-dealkylation sites (tertiary alicyclic amines) is 1. The van der Waals surface area contributed by atoms with Crippen molar-refractivity contribution < 1.29 is 4.74 Å². The van der Waals surface area contributed by atoms with Crippen LogP contribution in [0.2, 0.25) is 0 Å². The van der Waals surface area contributed by atoms with Gasteiger partial charge >= 0.3 is 0 Å². The van der Waals surface area contributed by atoms with Crippen LogP contribution in [0.4, 0.5) is 5.82 Å². The largest absolute Gasteiger partial charge is 0.377 e. The number of nitrogens with one attached hydrogen (secondary N) is 1. The van der Waals surface area contributed by atoms with Crippen LogP contribution in [0, 0.1) is 0 Å². The minimum atomic E-state index is -0.00949. The van der Waals surface area contributed by atoms with Gasteiger partial charge in [-0.15, -0.1) is 0 Å². The van der Waals surface area contributed by atoms with E-state index < -0.39 is 0 Å². The van der Waals surface area contributed by atoms with E-state index in [4.69, 9.17) is 10.6 Å². The smallest absolute Gasteiger partial charge is 0.139 e. The summed E-state index contributed by atoms with van der Waals surface area (Å²) in [7, 11) is 1.80. The van der Waals surface area contributed by atoms with Crippen LogP contribution < -0.4 is 11.3 Å². The van der Waals surface area contributed by atoms with Crippen molar-refractivity contribution in [2.45, 2.75) is 31.9 Å². The van der Waals surface area contributed by atoms with Gasteiger partial charge in [0, 0.05) is 26.4 Å². The van der Waals surface area contributed by atoms with Gasteiger partial charge in [0.1, 0.15) is 5.82 Å². The molecule has 0 amide bonds. The molecule has 100 valence electrons. The molecular weight excluding hydrogens is 228 g/mol. The molecular formula is C13H22N4O. The van der Waals surface area contributed by atoms with Gasteiger partial charge in [0.25, 0.3) is 0 Å². The Balaban J connectivity index is 1.96. The summed E-state index contributed by atoms with van der Waals surface area (Å²) in [6.07, 6.45) is 4.18. The number of nitrogens with two attached hydrogens (primary N) is 1. The van der Waals surface area contributed by atoms with Crippen molar-refractivity contribution in [2.75, 3.05) is 25.6 Å². The summed E-state index contributed by atoms with van der Waals surface area (Å²) in [5.74, 6) is 5.99. The van der Waals surface area contributed by atoms with Crippen LogP contribution in [-0.4, -0.2) is 35.7 Å². The molecule has 2 heterocycles. The number of nitrogen functional groups attached to an aromatic ring is 1. The summed E-state index contributed by atoms with van der Waals surface area (Å²) in [6.45, 7) is 5.19. The highest BCUT2D eigenvalue weighted by molar-refractivity contribution is 5.33. The van der Waals surface area contributed by atoms with Crippen LogP contribution in [0.15, 0.2) is 18.3 Å². The Morgan fingerprint density at radius 1 is 1.56 bits per heavy atom. The van der Waals surface area contributed by atoms with Gasteiger partial charge in [0.2, 0.25) is 0 Å². The molecule has 0 spiro atoms. The van der Waals surface area contributed by atoms with Gasteiger partial charge in [0.05, 0.1) is 5.60 Å². The average molecular weight is 250 g/mol. The van der Waals surface area contributed by atoms with Gasteiger partial charge in [0.15, 0.2) is 0 Å². The predicted molar refractivity (Wildman–Crippen MR) is 72.0 cm³/mol. The van der Waals surface area contributed by atoms with Crippen LogP contribution in [-0.2, 0) is 11.3 Å². The Morgan fingerprint density at radius 2 is 2.39 bits per heavy atom. The standard InChI is InChI=1S/C13H22N4O/c1-13(18-2)6-3-7-17(10-13)9-11-4-5-12(16-14)15-8-11/h4-5,8H,3,6-7,9-10,14H2,1-2H3,(H,15,16). The number of pyridine rings is 1. The van der Waals surface area contributed by atoms with Gasteiger partial charge in [-0.2, -0.15) is 0 Å². The zero-order chi connectivity index (χ0) is 13.0. The van der Waals surface area contributed by atoms with Crippen molar-refractivity contribution in [3.05, 3.63) is 23.9 Å². The van der Waals surface area contributed by atoms with Crippen LogP contribution >= 0.6 is 0 Å². The Labute approximate surface area is 108 Å². The number of anilines is 1. The molecule has 0 aliphatic carbocycles. The first-order valence-electron chi connectivity index (χ1n) is 6.34. The van der Waals surface area contributed by atoms with E-state index in [0.29, 0.717) is 5.82 Å². The summed E-state index contributed by atoms with van der Waals surface area (Å²) in [5, 5.41) is 0. The average Bonchev–Trinajstić information content (AvgIpc) is 2.40. The highest BCUT2D eigenvalue weighted by atomic mass is 16.5. The van der Waals surface area contributed by atoms with Crippen molar-refractivity contribution in [3.63, 3.8) is 0 Å². The first kappa shape index (κ1) is 13.3. The highest BCUT2D eigenvalue weighted by Gasteiger charge is 2.30. The third kappa shape index (κ3) is 3.19. The number of hydrazine groups is 1. The highest BCUT2D eigenvalue weighted by Crippen LogP contribution is 2.24. The number of piperidine rings is 1. The van der Waals surface area contributed by atoms with E-state index in [9.17, 15) is 0 Å². The summed E-state index contributed by atoms with van der Waals surface area (Å²) >= 11 is 0. The molecule has 0 saturated carbocycles. The number of hydrogen-bond acceptors (Lipinski definition) is 5. The summed E-state index contributed by atoms with van der Waals surface area (Å²) in [4.78, 5) is 6.64. The second-order valence-corrected chi connectivity index (χ2v) is 5.16. The maximum absolute atomic E-state index is 5.60. The lowest BCUT2D eigenvalue weighted by Crippen LogP contribution is -2.46.